The van der Waals surface area contributed by atoms with Gasteiger partial charge in [-0.25, -0.2) is 24.3 Å². The minimum atomic E-state index is -0.748. The number of halogens is 3. The summed E-state index contributed by atoms with van der Waals surface area (Å²) in [7, 11) is 3.10. The maximum atomic E-state index is 15.7. The maximum Gasteiger partial charge on any atom is 0.273 e. The zero-order valence-corrected chi connectivity index (χ0v) is 36.0. The second-order valence-electron chi connectivity index (χ2n) is 15.8. The van der Waals surface area contributed by atoms with E-state index < -0.39 is 17.8 Å². The first-order chi connectivity index (χ1) is 31.1. The summed E-state index contributed by atoms with van der Waals surface area (Å²) >= 11 is 12.7. The highest BCUT2D eigenvalue weighted by atomic mass is 35.5. The first kappa shape index (κ1) is 41.1. The number of ketones is 1. The normalized spacial score (nSPS) is 16.3. The van der Waals surface area contributed by atoms with Crippen molar-refractivity contribution in [2.24, 2.45) is 0 Å². The fourth-order valence-electron chi connectivity index (χ4n) is 9.04. The Labute approximate surface area is 375 Å². The lowest BCUT2D eigenvalue weighted by Gasteiger charge is -2.24. The number of methoxy groups -OCH3 is 2. The van der Waals surface area contributed by atoms with E-state index in [-0.39, 0.29) is 57.3 Å². The van der Waals surface area contributed by atoms with Gasteiger partial charge < -0.3 is 28.7 Å². The molecule has 0 spiro atoms. The number of carbonyl (C=O) groups is 3. The molecular weight excluding hydrogens is 860 g/mol. The number of hydrogen-bond donors (Lipinski definition) is 1. The Morgan fingerprint density at radius 3 is 2.08 bits per heavy atom. The fraction of sp³-hybridized carbons (Fsp3) is 0.229. The first-order valence-electron chi connectivity index (χ1n) is 20.7. The average molecular weight is 899 g/mol. The first-order valence-corrected chi connectivity index (χ1v) is 21.5. The third-order valence-corrected chi connectivity index (χ3v) is 12.5. The third kappa shape index (κ3) is 7.35. The number of aromatic amines is 1. The largest absolute Gasteiger partial charge is 0.496 e. The molecule has 2 fully saturated rings. The molecule has 1 N–H and O–H groups in total. The number of H-pyrrole nitrogens is 1. The van der Waals surface area contributed by atoms with E-state index in [9.17, 15) is 14.4 Å². The highest BCUT2D eigenvalue weighted by molar-refractivity contribution is 6.31. The Bertz CT molecular complexity index is 3190. The Morgan fingerprint density at radius 2 is 1.41 bits per heavy atom. The van der Waals surface area contributed by atoms with Crippen LogP contribution in [0.15, 0.2) is 95.5 Å². The molecule has 0 radical (unpaired) electrons. The lowest BCUT2D eigenvalue weighted by Crippen LogP contribution is -2.41. The number of Topliss-reactive ketones (excluding diaryl/α,β-unsaturated/α-hetero) is 1. The minimum Gasteiger partial charge on any atom is -0.496 e. The van der Waals surface area contributed by atoms with Gasteiger partial charge in [-0.05, 0) is 85.8 Å². The van der Waals surface area contributed by atoms with Crippen LogP contribution < -0.4 is 9.47 Å². The number of aromatic nitrogens is 5. The van der Waals surface area contributed by atoms with Gasteiger partial charge in [0.1, 0.15) is 44.8 Å². The van der Waals surface area contributed by atoms with Crippen LogP contribution in [0.5, 0.6) is 11.5 Å². The molecule has 4 aromatic carbocycles. The zero-order valence-electron chi connectivity index (χ0n) is 34.5. The van der Waals surface area contributed by atoms with Crippen LogP contribution in [-0.2, 0) is 11.2 Å². The number of fused-ring (bicyclic) bond motifs is 3. The van der Waals surface area contributed by atoms with Crippen LogP contribution >= 0.6 is 23.2 Å². The number of pyridine rings is 2. The number of amides is 2. The molecule has 13 nitrogen and oxygen atoms in total. The van der Waals surface area contributed by atoms with Gasteiger partial charge in [0, 0.05) is 52.2 Å². The summed E-state index contributed by atoms with van der Waals surface area (Å²) in [4.78, 5) is 66.5. The van der Waals surface area contributed by atoms with Crippen molar-refractivity contribution in [1.29, 1.82) is 0 Å². The Hall–Kier alpha value is -6.90. The van der Waals surface area contributed by atoms with Crippen LogP contribution in [0.25, 0.3) is 55.4 Å². The van der Waals surface area contributed by atoms with Crippen LogP contribution in [-0.4, -0.2) is 85.7 Å². The highest BCUT2D eigenvalue weighted by Gasteiger charge is 2.37. The molecule has 0 aliphatic carbocycles. The Balaban J connectivity index is 0.839. The fourth-order valence-corrected chi connectivity index (χ4v) is 9.43. The van der Waals surface area contributed by atoms with Gasteiger partial charge in [-0.2, -0.15) is 0 Å². The molecule has 2 aliphatic heterocycles. The van der Waals surface area contributed by atoms with Crippen molar-refractivity contribution in [2.45, 2.75) is 44.2 Å². The number of hydrogen-bond acceptors (Lipinski definition) is 10. The number of nitrogens with zero attached hydrogens (tertiary/aromatic N) is 6. The smallest absolute Gasteiger partial charge is 0.273 e. The van der Waals surface area contributed by atoms with E-state index in [1.165, 1.54) is 18.1 Å². The van der Waals surface area contributed by atoms with Crippen LogP contribution in [0.2, 0.25) is 10.3 Å². The predicted octanol–water partition coefficient (Wildman–Crippen LogP) is 9.84. The van der Waals surface area contributed by atoms with Gasteiger partial charge in [0.05, 0.1) is 43.5 Å². The topological polar surface area (TPSA) is 157 Å². The van der Waals surface area contributed by atoms with Gasteiger partial charge >= 0.3 is 0 Å². The molecule has 2 atom stereocenters. The second-order valence-corrected chi connectivity index (χ2v) is 16.6. The van der Waals surface area contributed by atoms with Crippen LogP contribution in [0.1, 0.15) is 64.1 Å². The third-order valence-electron chi connectivity index (χ3n) is 12.1. The molecule has 4 aromatic heterocycles. The molecule has 2 amide bonds. The molecule has 0 saturated carbocycles. The summed E-state index contributed by atoms with van der Waals surface area (Å²) in [5.41, 5.74) is 3.12. The molecule has 16 heteroatoms. The molecule has 2 aliphatic rings. The number of oxazole rings is 1. The highest BCUT2D eigenvalue weighted by Crippen LogP contribution is 2.37. The number of imidazole rings is 1. The Morgan fingerprint density at radius 1 is 0.766 bits per heavy atom. The average Bonchev–Trinajstić information content (AvgIpc) is 4.15. The van der Waals surface area contributed by atoms with Gasteiger partial charge in [-0.1, -0.05) is 53.5 Å². The summed E-state index contributed by atoms with van der Waals surface area (Å²) in [6.07, 6.45) is 3.92. The number of nitrogens with one attached hydrogen (secondary N) is 1. The van der Waals surface area contributed by atoms with E-state index >= 15 is 4.39 Å². The summed E-state index contributed by atoms with van der Waals surface area (Å²) in [5.74, 6) is 0.895. The summed E-state index contributed by atoms with van der Waals surface area (Å²) in [6, 6.07) is 23.2. The monoisotopic (exact) mass is 897 g/mol. The molecule has 8 aromatic rings. The molecular formula is C48H38Cl2FN7O6. The van der Waals surface area contributed by atoms with Crippen molar-refractivity contribution in [3.8, 4) is 34.3 Å². The van der Waals surface area contributed by atoms with E-state index in [0.717, 1.165) is 11.9 Å². The minimum absolute atomic E-state index is 0.128. The summed E-state index contributed by atoms with van der Waals surface area (Å²) < 4.78 is 32.9. The summed E-state index contributed by atoms with van der Waals surface area (Å²) in [6.45, 7) is 0.885. The molecule has 1 unspecified atom stereocenters. The zero-order chi connectivity index (χ0) is 44.2. The number of likely N-dealkylation sites (tertiary alicyclic amines) is 2. The standard InChI is InChI=1S/C48H38Cl2FN7O6/c1-62-38-11-3-7-28-30(38)22-41(49)55-43(28)47(60)57-17-5-9-35(57)37(59)21-25-13-14-27(19-32(25)51)46-52-24-40(64-46)26-15-16-33-34(20-26)54-45(53-33)36-10-6-18-58(36)48(61)44-29-8-4-12-39(63-2)31(29)23-42(50)56-44/h3-4,7-8,11-16,19-20,22-24,35-36H,5-6,9-10,17-18,21H2,1-2H3,(H,53,54)/t35?,36-/m0/s1. The van der Waals surface area contributed by atoms with Gasteiger partial charge in [0.2, 0.25) is 5.89 Å². The van der Waals surface area contributed by atoms with Crippen LogP contribution in [0.3, 0.4) is 0 Å². The van der Waals surface area contributed by atoms with Crippen molar-refractivity contribution in [2.75, 3.05) is 27.3 Å². The van der Waals surface area contributed by atoms with Crippen molar-refractivity contribution < 1.29 is 32.7 Å². The van der Waals surface area contributed by atoms with E-state index in [1.54, 1.807) is 60.7 Å². The maximum absolute atomic E-state index is 15.7. The molecule has 2 saturated heterocycles. The van der Waals surface area contributed by atoms with E-state index in [0.29, 0.717) is 93.6 Å². The van der Waals surface area contributed by atoms with Crippen LogP contribution in [0.4, 0.5) is 4.39 Å². The SMILES string of the molecule is COc1cccc2c(C(=O)N3CCCC3C(=O)Cc3ccc(-c4ncc(-c5ccc6nc([C@@H]7CCCN7C(=O)c7nc(Cl)cc8c(OC)cccc78)[nH]c6c5)o4)cc3F)nc(Cl)cc12. The molecule has 0 bridgehead atoms. The predicted molar refractivity (Wildman–Crippen MR) is 239 cm³/mol. The lowest BCUT2D eigenvalue weighted by molar-refractivity contribution is -0.122. The Kier molecular flexibility index (Phi) is 10.7. The molecule has 10 rings (SSSR count). The van der Waals surface area contributed by atoms with E-state index in [4.69, 9.17) is 42.1 Å². The van der Waals surface area contributed by atoms with Gasteiger partial charge in [0.15, 0.2) is 11.5 Å². The number of benzene rings is 4. The van der Waals surface area contributed by atoms with Crippen LogP contribution in [0, 0.1) is 5.82 Å². The number of carbonyl (C=O) groups excluding carboxylic acids is 3. The molecule has 322 valence electrons. The van der Waals surface area contributed by atoms with Gasteiger partial charge in [-0.3, -0.25) is 14.4 Å². The lowest BCUT2D eigenvalue weighted by atomic mass is 10.00. The number of rotatable bonds is 10. The van der Waals surface area contributed by atoms with Crippen molar-refractivity contribution in [3.63, 3.8) is 0 Å². The summed E-state index contributed by atoms with van der Waals surface area (Å²) in [5, 5.41) is 2.88. The number of ether oxygens (including phenoxy) is 2. The van der Waals surface area contributed by atoms with Crippen molar-refractivity contribution in [3.05, 3.63) is 130 Å². The van der Waals surface area contributed by atoms with Crippen molar-refractivity contribution in [1.82, 2.24) is 34.7 Å². The van der Waals surface area contributed by atoms with Gasteiger partial charge in [-0.15, -0.1) is 0 Å². The van der Waals surface area contributed by atoms with Gasteiger partial charge in [0.25, 0.3) is 11.8 Å². The molecule has 64 heavy (non-hydrogen) atoms. The van der Waals surface area contributed by atoms with E-state index in [2.05, 4.69) is 19.9 Å². The molecule has 6 heterocycles. The van der Waals surface area contributed by atoms with Crippen molar-refractivity contribution >= 4 is 73.4 Å². The van der Waals surface area contributed by atoms with E-state index in [1.807, 2.05) is 36.4 Å². The quantitative estimate of drug-likeness (QED) is 0.131. The second kappa shape index (κ2) is 16.7.